The van der Waals surface area contributed by atoms with Crippen LogP contribution in [0.1, 0.15) is 20.3 Å². The topological polar surface area (TPSA) is 0 Å². The van der Waals surface area contributed by atoms with Crippen LogP contribution in [0.2, 0.25) is 0 Å². The summed E-state index contributed by atoms with van der Waals surface area (Å²) in [6.07, 6.45) is 1.25. The zero-order valence-electron chi connectivity index (χ0n) is 18.3. The number of hydrogen-bond donors (Lipinski definition) is 0. The van der Waals surface area contributed by atoms with Crippen molar-refractivity contribution in [2.24, 2.45) is 0 Å². The Hall–Kier alpha value is -1.19. The summed E-state index contributed by atoms with van der Waals surface area (Å²) in [5.74, 6) is 0. The molecule has 0 aliphatic heterocycles. The van der Waals surface area contributed by atoms with Crippen molar-refractivity contribution >= 4 is 59.4 Å². The molecule has 32 heavy (non-hydrogen) atoms. The molecule has 4 aromatic rings. The average Bonchev–Trinajstić information content (AvgIpc) is 2.83. The van der Waals surface area contributed by atoms with E-state index in [-0.39, 0.29) is 24.8 Å². The predicted octanol–water partition coefficient (Wildman–Crippen LogP) is 7.42. The van der Waals surface area contributed by atoms with Gasteiger partial charge in [-0.2, -0.15) is 0 Å². The van der Waals surface area contributed by atoms with E-state index in [0.29, 0.717) is 0 Å². The van der Waals surface area contributed by atoms with Crippen LogP contribution < -0.4 is 21.2 Å². The van der Waals surface area contributed by atoms with Crippen molar-refractivity contribution in [2.75, 3.05) is 0 Å². The molecule has 0 fully saturated rings. The average molecular weight is 546 g/mol. The van der Waals surface area contributed by atoms with Gasteiger partial charge in [0.25, 0.3) is 0 Å². The Morgan fingerprint density at radius 3 is 0.812 bits per heavy atom. The van der Waals surface area contributed by atoms with E-state index in [9.17, 15) is 0 Å². The van der Waals surface area contributed by atoms with Gasteiger partial charge in [-0.15, -0.1) is 24.8 Å². The summed E-state index contributed by atoms with van der Waals surface area (Å²) < 4.78 is 0. The van der Waals surface area contributed by atoms with E-state index in [4.69, 9.17) is 0 Å². The van der Waals surface area contributed by atoms with Gasteiger partial charge in [-0.05, 0) is 0 Å². The van der Waals surface area contributed by atoms with Gasteiger partial charge in [-0.3, -0.25) is 0 Å². The van der Waals surface area contributed by atoms with Crippen LogP contribution in [-0.4, -0.2) is 0 Å². The van der Waals surface area contributed by atoms with E-state index in [0.717, 1.165) is 0 Å². The molecule has 4 aromatic carbocycles. The summed E-state index contributed by atoms with van der Waals surface area (Å²) in [5.41, 5.74) is 0. The standard InChI is InChI=1S/2C12H10P.C3H8.2ClH.Ni/c2*1-3-7-11(8-4-1)13-12-9-5-2-6-10-12;1-3-2;;;/h2*1-10H;3H2,1-2H3;2*1H;/q2*-1;;;;+2. The molecule has 0 aliphatic carbocycles. The molecule has 4 rings (SSSR count). The Labute approximate surface area is 213 Å². The minimum atomic E-state index is -0.471. The molecular weight excluding hydrogens is 516 g/mol. The van der Waals surface area contributed by atoms with Crippen LogP contribution in [-0.2, 0) is 13.6 Å². The summed E-state index contributed by atoms with van der Waals surface area (Å²) in [7, 11) is 0. The molecule has 0 amide bonds. The fraction of sp³-hybridized carbons (Fsp3) is 0.111. The monoisotopic (exact) mass is 544 g/mol. The molecule has 0 saturated heterocycles. The summed E-state index contributed by atoms with van der Waals surface area (Å²) in [6, 6.07) is 43.9. The predicted molar refractivity (Wildman–Crippen MR) is 149 cm³/mol. The molecule has 0 unspecified atom stereocenters. The summed E-state index contributed by atoms with van der Waals surface area (Å²) in [6.45, 7) is 3.31. The van der Waals surface area contributed by atoms with Crippen LogP contribution in [0.15, 0.2) is 121 Å². The molecule has 0 nitrogen and oxygen atoms in total. The number of rotatable bonds is 6. The fourth-order valence-corrected chi connectivity index (χ4v) is 14.3. The molecule has 0 heterocycles. The van der Waals surface area contributed by atoms with E-state index in [1.165, 1.54) is 27.6 Å². The molecule has 0 bridgehead atoms. The molecule has 0 radical (unpaired) electrons. The Bertz CT molecular complexity index is 811. The zero-order valence-corrected chi connectivity index (χ0v) is 22.7. The van der Waals surface area contributed by atoms with E-state index in [1.807, 2.05) is 13.6 Å². The van der Waals surface area contributed by atoms with Gasteiger partial charge >= 0.3 is 170 Å². The van der Waals surface area contributed by atoms with Crippen molar-refractivity contribution in [3.63, 3.8) is 0 Å². The van der Waals surface area contributed by atoms with Gasteiger partial charge in [-0.1, -0.05) is 20.3 Å². The normalized spacial score (nSPS) is 10.0. The van der Waals surface area contributed by atoms with Crippen LogP contribution in [0.4, 0.5) is 0 Å². The zero-order chi connectivity index (χ0) is 21.0. The summed E-state index contributed by atoms with van der Waals surface area (Å²) in [5, 5.41) is 5.72. The van der Waals surface area contributed by atoms with Crippen molar-refractivity contribution in [1.29, 1.82) is 0 Å². The van der Waals surface area contributed by atoms with Crippen molar-refractivity contribution in [2.45, 2.75) is 20.3 Å². The fourth-order valence-electron chi connectivity index (χ4n) is 2.71. The minimum absolute atomic E-state index is 0. The Kier molecular flexibility index (Phi) is 14.8. The third kappa shape index (κ3) is 8.63. The van der Waals surface area contributed by atoms with Crippen molar-refractivity contribution in [3.8, 4) is 0 Å². The summed E-state index contributed by atoms with van der Waals surface area (Å²) >= 11 is 1.89. The number of hydrogen-bond acceptors (Lipinski definition) is 0. The molecule has 0 aliphatic rings. The second kappa shape index (κ2) is 16.4. The molecule has 0 aromatic heterocycles. The molecule has 172 valence electrons. The van der Waals surface area contributed by atoms with Crippen LogP contribution >= 0.6 is 38.2 Å². The van der Waals surface area contributed by atoms with Gasteiger partial charge in [0.2, 0.25) is 0 Å². The van der Waals surface area contributed by atoms with Gasteiger partial charge < -0.3 is 0 Å². The Morgan fingerprint density at radius 1 is 0.438 bits per heavy atom. The molecule has 0 atom stereocenters. The Balaban J connectivity index is 0.000000971. The van der Waals surface area contributed by atoms with Crippen molar-refractivity contribution < 1.29 is 13.6 Å². The van der Waals surface area contributed by atoms with Crippen molar-refractivity contribution in [3.05, 3.63) is 121 Å². The second-order valence-electron chi connectivity index (χ2n) is 6.62. The quantitative estimate of drug-likeness (QED) is 0.175. The maximum atomic E-state index is 2.28. The van der Waals surface area contributed by atoms with E-state index < -0.39 is 13.4 Å². The van der Waals surface area contributed by atoms with Crippen LogP contribution in [0.5, 0.6) is 0 Å². The van der Waals surface area contributed by atoms with E-state index in [1.54, 1.807) is 0 Å². The molecular formula is C27H30Cl2NiP2. The van der Waals surface area contributed by atoms with E-state index in [2.05, 4.69) is 135 Å². The summed E-state index contributed by atoms with van der Waals surface area (Å²) in [4.78, 5) is 0. The van der Waals surface area contributed by atoms with Gasteiger partial charge in [-0.25, -0.2) is 0 Å². The number of halogens is 2. The SMILES string of the molecule is CCC.Cl.Cl.c1ccc([P]([Ni][P](c2ccccc2)c2ccccc2)c2ccccc2)cc1. The first kappa shape index (κ1) is 28.8. The van der Waals surface area contributed by atoms with Gasteiger partial charge in [0.05, 0.1) is 0 Å². The van der Waals surface area contributed by atoms with Crippen LogP contribution in [0.3, 0.4) is 0 Å². The first-order valence-electron chi connectivity index (χ1n) is 10.2. The van der Waals surface area contributed by atoms with Gasteiger partial charge in [0.15, 0.2) is 0 Å². The molecule has 0 spiro atoms. The maximum absolute atomic E-state index is 2.28. The van der Waals surface area contributed by atoms with Gasteiger partial charge in [0, 0.05) is 0 Å². The third-order valence-corrected chi connectivity index (χ3v) is 14.5. The second-order valence-corrected chi connectivity index (χ2v) is 14.6. The van der Waals surface area contributed by atoms with Gasteiger partial charge in [0.1, 0.15) is 0 Å². The van der Waals surface area contributed by atoms with E-state index >= 15 is 0 Å². The van der Waals surface area contributed by atoms with Crippen molar-refractivity contribution in [1.82, 2.24) is 0 Å². The molecule has 0 saturated carbocycles. The first-order valence-corrected chi connectivity index (χ1v) is 15.2. The van der Waals surface area contributed by atoms with Crippen LogP contribution in [0.25, 0.3) is 0 Å². The third-order valence-electron chi connectivity index (χ3n) is 3.99. The molecule has 0 N–H and O–H groups in total. The Morgan fingerprint density at radius 2 is 0.625 bits per heavy atom. The van der Waals surface area contributed by atoms with Crippen LogP contribution in [0, 0.1) is 0 Å². The molecule has 5 heteroatoms. The number of benzene rings is 4. The first-order chi connectivity index (χ1) is 14.8.